The Bertz CT molecular complexity index is 474. The summed E-state index contributed by atoms with van der Waals surface area (Å²) in [4.78, 5) is 15.5. The van der Waals surface area contributed by atoms with Crippen LogP contribution >= 0.6 is 0 Å². The van der Waals surface area contributed by atoms with Gasteiger partial charge in [-0.15, -0.1) is 0 Å². The molecule has 3 aliphatic carbocycles. The van der Waals surface area contributed by atoms with Gasteiger partial charge in [0, 0.05) is 12.4 Å². The molecule has 0 unspecified atom stereocenters. The van der Waals surface area contributed by atoms with E-state index in [2.05, 4.69) is 4.98 Å². The van der Waals surface area contributed by atoms with Crippen molar-refractivity contribution in [3.63, 3.8) is 0 Å². The lowest BCUT2D eigenvalue weighted by Gasteiger charge is -2.51. The highest BCUT2D eigenvalue weighted by molar-refractivity contribution is 5.94. The molecule has 0 aliphatic heterocycles. The Hall–Kier alpha value is -1.42. The van der Waals surface area contributed by atoms with Gasteiger partial charge >= 0.3 is 0 Å². The molecular formula is C14H18N2O2. The second-order valence-corrected chi connectivity index (χ2v) is 5.79. The number of aromatic nitrogens is 1. The van der Waals surface area contributed by atoms with Gasteiger partial charge in [0.1, 0.15) is 0 Å². The number of hydrogen-bond donors (Lipinski definition) is 2. The van der Waals surface area contributed by atoms with Gasteiger partial charge in [0.05, 0.1) is 11.2 Å². The zero-order valence-corrected chi connectivity index (χ0v) is 10.4. The third-order valence-electron chi connectivity index (χ3n) is 4.86. The van der Waals surface area contributed by atoms with Crippen LogP contribution in [0.3, 0.4) is 0 Å². The van der Waals surface area contributed by atoms with Crippen LogP contribution in [-0.2, 0) is 5.41 Å². The molecule has 0 aromatic carbocycles. The Labute approximate surface area is 106 Å². The van der Waals surface area contributed by atoms with E-state index in [0.29, 0.717) is 5.56 Å². The lowest BCUT2D eigenvalue weighted by atomic mass is 9.56. The minimum Gasteiger partial charge on any atom is -0.390 e. The summed E-state index contributed by atoms with van der Waals surface area (Å²) in [5.74, 6) is -0.404. The minimum atomic E-state index is -0.457. The minimum absolute atomic E-state index is 0.0256. The molecule has 0 atom stereocenters. The van der Waals surface area contributed by atoms with Crippen molar-refractivity contribution < 1.29 is 9.90 Å². The maximum atomic E-state index is 11.5. The number of hydrogen-bond acceptors (Lipinski definition) is 3. The van der Waals surface area contributed by atoms with Gasteiger partial charge in [0.2, 0.25) is 0 Å². The number of rotatable bonds is 2. The number of nitrogens with two attached hydrogens (primary N) is 1. The second-order valence-electron chi connectivity index (χ2n) is 5.79. The molecule has 2 bridgehead atoms. The summed E-state index contributed by atoms with van der Waals surface area (Å²) in [7, 11) is 0. The van der Waals surface area contributed by atoms with Crippen molar-refractivity contribution in [1.29, 1.82) is 0 Å². The number of fused-ring (bicyclic) bond motifs is 3. The average molecular weight is 246 g/mol. The molecule has 0 spiro atoms. The molecule has 4 nitrogen and oxygen atoms in total. The van der Waals surface area contributed by atoms with Gasteiger partial charge in [-0.3, -0.25) is 9.78 Å². The molecule has 96 valence electrons. The Morgan fingerprint density at radius 2 is 1.83 bits per heavy atom. The topological polar surface area (TPSA) is 76.2 Å². The van der Waals surface area contributed by atoms with Crippen LogP contribution in [0.15, 0.2) is 18.5 Å². The molecule has 1 aromatic rings. The molecule has 18 heavy (non-hydrogen) atoms. The van der Waals surface area contributed by atoms with E-state index >= 15 is 0 Å². The highest BCUT2D eigenvalue weighted by Gasteiger charge is 2.49. The third kappa shape index (κ3) is 1.63. The lowest BCUT2D eigenvalue weighted by Crippen LogP contribution is -2.48. The number of amides is 1. The van der Waals surface area contributed by atoms with Crippen LogP contribution in [0.2, 0.25) is 0 Å². The van der Waals surface area contributed by atoms with Crippen LogP contribution in [0, 0.1) is 0 Å². The maximum absolute atomic E-state index is 11.5. The molecule has 3 fully saturated rings. The van der Waals surface area contributed by atoms with E-state index < -0.39 is 11.5 Å². The molecule has 4 rings (SSSR count). The van der Waals surface area contributed by atoms with E-state index in [1.807, 2.05) is 6.07 Å². The number of carbonyl (C=O) groups excluding carboxylic acids is 1. The monoisotopic (exact) mass is 246 g/mol. The summed E-state index contributed by atoms with van der Waals surface area (Å²) in [6.07, 6.45) is 8.59. The summed E-state index contributed by atoms with van der Waals surface area (Å²) in [5, 5.41) is 10.3. The summed E-state index contributed by atoms with van der Waals surface area (Å²) in [5.41, 5.74) is 6.59. The van der Waals surface area contributed by atoms with Crippen LogP contribution in [0.5, 0.6) is 0 Å². The molecule has 1 heterocycles. The Balaban J connectivity index is 2.03. The number of primary amides is 1. The van der Waals surface area contributed by atoms with Crippen molar-refractivity contribution >= 4 is 5.91 Å². The quantitative estimate of drug-likeness (QED) is 0.830. The summed E-state index contributed by atoms with van der Waals surface area (Å²) in [6.45, 7) is 0. The zero-order chi connectivity index (χ0) is 12.8. The van der Waals surface area contributed by atoms with E-state index in [0.717, 1.165) is 44.1 Å². The standard InChI is InChI=1S/C14H18N2O2/c15-12(17)10-9-16-8-1-11(10)13-2-5-14(18,6-3-13)7-4-13/h1,8-9,18H,2-7H2,(H2,15,17). The SMILES string of the molecule is NC(=O)c1cnccc1C12CCC(O)(CC1)CC2. The normalized spacial score (nSPS) is 34.5. The van der Waals surface area contributed by atoms with Gasteiger partial charge in [0.15, 0.2) is 0 Å². The maximum Gasteiger partial charge on any atom is 0.250 e. The first-order valence-electron chi connectivity index (χ1n) is 6.51. The van der Waals surface area contributed by atoms with Gasteiger partial charge in [-0.25, -0.2) is 0 Å². The van der Waals surface area contributed by atoms with Crippen LogP contribution < -0.4 is 5.73 Å². The Morgan fingerprint density at radius 3 is 2.39 bits per heavy atom. The molecule has 4 heteroatoms. The molecule has 0 radical (unpaired) electrons. The van der Waals surface area contributed by atoms with Gasteiger partial charge < -0.3 is 10.8 Å². The van der Waals surface area contributed by atoms with E-state index in [9.17, 15) is 9.90 Å². The van der Waals surface area contributed by atoms with E-state index in [1.165, 1.54) is 0 Å². The molecule has 3 N–H and O–H groups in total. The van der Waals surface area contributed by atoms with Crippen molar-refractivity contribution in [2.24, 2.45) is 5.73 Å². The molecule has 0 saturated heterocycles. The van der Waals surface area contributed by atoms with E-state index in [-0.39, 0.29) is 5.41 Å². The first kappa shape index (κ1) is 11.7. The second kappa shape index (κ2) is 3.79. The highest BCUT2D eigenvalue weighted by Crippen LogP contribution is 2.53. The summed E-state index contributed by atoms with van der Waals surface area (Å²) in [6, 6.07) is 1.93. The van der Waals surface area contributed by atoms with Gasteiger partial charge in [-0.05, 0) is 55.6 Å². The molecule has 3 aliphatic rings. The Morgan fingerprint density at radius 1 is 1.22 bits per heavy atom. The van der Waals surface area contributed by atoms with E-state index in [1.54, 1.807) is 12.4 Å². The Kier molecular flexibility index (Phi) is 2.45. The van der Waals surface area contributed by atoms with Gasteiger partial charge in [-0.1, -0.05) is 0 Å². The summed E-state index contributed by atoms with van der Waals surface area (Å²) >= 11 is 0. The fraction of sp³-hybridized carbons (Fsp3) is 0.571. The van der Waals surface area contributed by atoms with Gasteiger partial charge in [0.25, 0.3) is 5.91 Å². The average Bonchev–Trinajstić information content (AvgIpc) is 2.40. The lowest BCUT2D eigenvalue weighted by molar-refractivity contribution is -0.0661. The van der Waals surface area contributed by atoms with Crippen LogP contribution in [0.1, 0.15) is 54.4 Å². The first-order valence-corrected chi connectivity index (χ1v) is 6.51. The molecular weight excluding hydrogens is 228 g/mol. The van der Waals surface area contributed by atoms with Crippen LogP contribution in [-0.4, -0.2) is 21.6 Å². The number of carbonyl (C=O) groups is 1. The van der Waals surface area contributed by atoms with Crippen molar-refractivity contribution in [3.8, 4) is 0 Å². The third-order valence-corrected chi connectivity index (χ3v) is 4.86. The first-order chi connectivity index (χ1) is 8.55. The van der Waals surface area contributed by atoms with Crippen molar-refractivity contribution in [3.05, 3.63) is 29.6 Å². The van der Waals surface area contributed by atoms with E-state index in [4.69, 9.17) is 5.73 Å². The number of nitrogens with zero attached hydrogens (tertiary/aromatic N) is 1. The van der Waals surface area contributed by atoms with Crippen molar-refractivity contribution in [2.45, 2.75) is 49.5 Å². The fourth-order valence-electron chi connectivity index (χ4n) is 3.62. The predicted molar refractivity (Wildman–Crippen MR) is 67.1 cm³/mol. The van der Waals surface area contributed by atoms with Crippen LogP contribution in [0.25, 0.3) is 0 Å². The highest BCUT2D eigenvalue weighted by atomic mass is 16.3. The fourth-order valence-corrected chi connectivity index (χ4v) is 3.62. The number of aliphatic hydroxyl groups is 1. The van der Waals surface area contributed by atoms with Crippen molar-refractivity contribution in [2.75, 3.05) is 0 Å². The number of pyridine rings is 1. The largest absolute Gasteiger partial charge is 0.390 e. The molecule has 1 aromatic heterocycles. The zero-order valence-electron chi connectivity index (χ0n) is 10.4. The summed E-state index contributed by atoms with van der Waals surface area (Å²) < 4.78 is 0. The van der Waals surface area contributed by atoms with Gasteiger partial charge in [-0.2, -0.15) is 0 Å². The molecule has 1 amide bonds. The smallest absolute Gasteiger partial charge is 0.250 e. The molecule has 3 saturated carbocycles. The predicted octanol–water partition coefficient (Wildman–Crippen LogP) is 1.52. The van der Waals surface area contributed by atoms with Crippen molar-refractivity contribution in [1.82, 2.24) is 4.98 Å². The van der Waals surface area contributed by atoms with Crippen LogP contribution in [0.4, 0.5) is 0 Å².